The molecular weight excluding hydrogens is 388 g/mol. The van der Waals surface area contributed by atoms with Gasteiger partial charge in [0.25, 0.3) is 11.8 Å². The number of fused-ring (bicyclic) bond motifs is 2. The van der Waals surface area contributed by atoms with Crippen molar-refractivity contribution in [2.24, 2.45) is 11.7 Å². The van der Waals surface area contributed by atoms with Crippen LogP contribution in [-0.4, -0.2) is 11.8 Å². The number of carbonyl (C=O) groups excluding carboxylic acids is 2. The Balaban J connectivity index is 1.71. The Labute approximate surface area is 164 Å². The molecule has 1 aromatic carbocycles. The summed E-state index contributed by atoms with van der Waals surface area (Å²) >= 11 is 9.21. The Kier molecular flexibility index (Phi) is 4.50. The average Bonchev–Trinajstić information content (AvgIpc) is 3.12. The van der Waals surface area contributed by atoms with Crippen molar-refractivity contribution < 1.29 is 9.59 Å². The van der Waals surface area contributed by atoms with Crippen molar-refractivity contribution >= 4 is 61.2 Å². The zero-order valence-corrected chi connectivity index (χ0v) is 16.5. The van der Waals surface area contributed by atoms with E-state index in [2.05, 4.69) is 12.2 Å². The molecule has 134 valence electrons. The number of primary amides is 1. The molecule has 3 N–H and O–H groups in total. The van der Waals surface area contributed by atoms with Gasteiger partial charge in [-0.1, -0.05) is 36.7 Å². The molecule has 0 bridgehead atoms. The number of nitrogens with two attached hydrogens (primary N) is 1. The molecule has 0 saturated carbocycles. The Bertz CT molecular complexity index is 1040. The SMILES string of the molecule is C[C@H]1CCc2c(sc(NC(=O)c3sc4ccccc4c3Cl)c2C(N)=O)C1. The predicted octanol–water partition coefficient (Wildman–Crippen LogP) is 5.09. The summed E-state index contributed by atoms with van der Waals surface area (Å²) < 4.78 is 0.956. The molecule has 1 atom stereocenters. The summed E-state index contributed by atoms with van der Waals surface area (Å²) in [4.78, 5) is 26.4. The molecule has 4 rings (SSSR count). The fraction of sp³-hybridized carbons (Fsp3) is 0.263. The third kappa shape index (κ3) is 2.92. The van der Waals surface area contributed by atoms with Crippen LogP contribution in [0.15, 0.2) is 24.3 Å². The molecular formula is C19H17ClN2O2S2. The monoisotopic (exact) mass is 404 g/mol. The van der Waals surface area contributed by atoms with Gasteiger partial charge < -0.3 is 11.1 Å². The maximum atomic E-state index is 12.8. The number of anilines is 1. The second-order valence-electron chi connectivity index (χ2n) is 6.62. The van der Waals surface area contributed by atoms with E-state index in [4.69, 9.17) is 17.3 Å². The van der Waals surface area contributed by atoms with Crippen LogP contribution in [0.1, 0.15) is 43.8 Å². The fourth-order valence-corrected chi connectivity index (χ4v) is 6.24. The van der Waals surface area contributed by atoms with Crippen molar-refractivity contribution in [1.82, 2.24) is 0 Å². The molecule has 0 spiro atoms. The lowest BCUT2D eigenvalue weighted by atomic mass is 9.88. The molecule has 7 heteroatoms. The summed E-state index contributed by atoms with van der Waals surface area (Å²) in [5.41, 5.74) is 7.08. The molecule has 26 heavy (non-hydrogen) atoms. The second kappa shape index (κ2) is 6.68. The summed E-state index contributed by atoms with van der Waals surface area (Å²) in [6.07, 6.45) is 2.77. The van der Waals surface area contributed by atoms with Gasteiger partial charge in [0.2, 0.25) is 0 Å². The van der Waals surface area contributed by atoms with Crippen LogP contribution in [0.4, 0.5) is 5.00 Å². The van der Waals surface area contributed by atoms with Crippen LogP contribution in [0, 0.1) is 5.92 Å². The maximum Gasteiger partial charge on any atom is 0.267 e. The molecule has 2 amide bonds. The number of thiophene rings is 2. The van der Waals surface area contributed by atoms with Gasteiger partial charge in [-0.25, -0.2) is 0 Å². The van der Waals surface area contributed by atoms with E-state index in [0.717, 1.165) is 39.8 Å². The number of nitrogens with one attached hydrogen (secondary N) is 1. The highest BCUT2D eigenvalue weighted by molar-refractivity contribution is 7.22. The number of rotatable bonds is 3. The first-order valence-electron chi connectivity index (χ1n) is 8.38. The van der Waals surface area contributed by atoms with E-state index in [1.165, 1.54) is 22.7 Å². The minimum absolute atomic E-state index is 0.301. The summed E-state index contributed by atoms with van der Waals surface area (Å²) in [7, 11) is 0. The lowest BCUT2D eigenvalue weighted by molar-refractivity contribution is 0.1000. The van der Waals surface area contributed by atoms with Crippen molar-refractivity contribution in [2.45, 2.75) is 26.2 Å². The van der Waals surface area contributed by atoms with Gasteiger partial charge in [0.1, 0.15) is 9.88 Å². The van der Waals surface area contributed by atoms with Gasteiger partial charge in [0.05, 0.1) is 10.6 Å². The quantitative estimate of drug-likeness (QED) is 0.637. The fourth-order valence-electron chi connectivity index (χ4n) is 3.42. The molecule has 0 radical (unpaired) electrons. The average molecular weight is 405 g/mol. The highest BCUT2D eigenvalue weighted by Crippen LogP contribution is 2.41. The standard InChI is InChI=1S/C19H17ClN2O2S2/c1-9-6-7-10-13(8-9)26-19(14(10)17(21)23)22-18(24)16-15(20)11-4-2-3-5-12(11)25-16/h2-5,9H,6-8H2,1H3,(H2,21,23)(H,22,24)/t9-/m0/s1. The second-order valence-corrected chi connectivity index (χ2v) is 9.15. The van der Waals surface area contributed by atoms with Gasteiger partial charge in [-0.2, -0.15) is 0 Å². The number of benzene rings is 1. The van der Waals surface area contributed by atoms with E-state index >= 15 is 0 Å². The van der Waals surface area contributed by atoms with Crippen LogP contribution in [-0.2, 0) is 12.8 Å². The van der Waals surface area contributed by atoms with Crippen molar-refractivity contribution in [3.63, 3.8) is 0 Å². The topological polar surface area (TPSA) is 72.2 Å². The number of amides is 2. The molecule has 1 aliphatic rings. The van der Waals surface area contributed by atoms with Gasteiger partial charge in [-0.15, -0.1) is 22.7 Å². The number of carbonyl (C=O) groups is 2. The maximum absolute atomic E-state index is 12.8. The minimum Gasteiger partial charge on any atom is -0.365 e. The van der Waals surface area contributed by atoms with Crippen LogP contribution in [0.5, 0.6) is 0 Å². The van der Waals surface area contributed by atoms with E-state index in [9.17, 15) is 9.59 Å². The van der Waals surface area contributed by atoms with Gasteiger partial charge in [0.15, 0.2) is 0 Å². The Morgan fingerprint density at radius 2 is 2.04 bits per heavy atom. The van der Waals surface area contributed by atoms with E-state index in [1.54, 1.807) is 0 Å². The van der Waals surface area contributed by atoms with E-state index in [0.29, 0.717) is 26.4 Å². The van der Waals surface area contributed by atoms with E-state index in [1.807, 2.05) is 24.3 Å². The third-order valence-corrected chi connectivity index (χ3v) is 7.57. The Hall–Kier alpha value is -1.89. The van der Waals surface area contributed by atoms with Crippen molar-refractivity contribution in [1.29, 1.82) is 0 Å². The summed E-state index contributed by atoms with van der Waals surface area (Å²) in [5, 5.41) is 4.73. The van der Waals surface area contributed by atoms with Crippen molar-refractivity contribution in [2.75, 3.05) is 5.32 Å². The van der Waals surface area contributed by atoms with E-state index < -0.39 is 5.91 Å². The molecule has 2 aromatic heterocycles. The number of halogens is 1. The van der Waals surface area contributed by atoms with Crippen LogP contribution >= 0.6 is 34.3 Å². The molecule has 4 nitrogen and oxygen atoms in total. The first-order chi connectivity index (χ1) is 12.5. The summed E-state index contributed by atoms with van der Waals surface area (Å²) in [5.74, 6) is -0.220. The van der Waals surface area contributed by atoms with Gasteiger partial charge in [0, 0.05) is 15.0 Å². The predicted molar refractivity (Wildman–Crippen MR) is 109 cm³/mol. The molecule has 3 aromatic rings. The Morgan fingerprint density at radius 1 is 1.27 bits per heavy atom. The van der Waals surface area contributed by atoms with Gasteiger partial charge >= 0.3 is 0 Å². The molecule has 0 aliphatic heterocycles. The molecule has 0 saturated heterocycles. The first kappa shape index (κ1) is 17.5. The van der Waals surface area contributed by atoms with Gasteiger partial charge in [-0.3, -0.25) is 9.59 Å². The largest absolute Gasteiger partial charge is 0.365 e. The first-order valence-corrected chi connectivity index (χ1v) is 10.4. The highest BCUT2D eigenvalue weighted by Gasteiger charge is 2.28. The molecule has 1 aliphatic carbocycles. The van der Waals surface area contributed by atoms with Gasteiger partial charge in [-0.05, 0) is 36.8 Å². The number of hydrogen-bond acceptors (Lipinski definition) is 4. The summed E-state index contributed by atoms with van der Waals surface area (Å²) in [6.45, 7) is 2.20. The molecule has 2 heterocycles. The normalized spacial score (nSPS) is 16.5. The molecule has 0 fully saturated rings. The van der Waals surface area contributed by atoms with E-state index in [-0.39, 0.29) is 5.91 Å². The van der Waals surface area contributed by atoms with Crippen LogP contribution in [0.3, 0.4) is 0 Å². The lowest BCUT2D eigenvalue weighted by Gasteiger charge is -2.18. The highest BCUT2D eigenvalue weighted by atomic mass is 35.5. The van der Waals surface area contributed by atoms with Crippen molar-refractivity contribution in [3.05, 3.63) is 50.2 Å². The van der Waals surface area contributed by atoms with Crippen LogP contribution in [0.2, 0.25) is 5.02 Å². The van der Waals surface area contributed by atoms with Crippen LogP contribution in [0.25, 0.3) is 10.1 Å². The smallest absolute Gasteiger partial charge is 0.267 e. The lowest BCUT2D eigenvalue weighted by Crippen LogP contribution is -2.19. The molecule has 0 unspecified atom stereocenters. The zero-order valence-electron chi connectivity index (χ0n) is 14.1. The minimum atomic E-state index is -0.491. The third-order valence-electron chi connectivity index (χ3n) is 4.73. The number of hydrogen-bond donors (Lipinski definition) is 2. The van der Waals surface area contributed by atoms with Crippen molar-refractivity contribution in [3.8, 4) is 0 Å². The zero-order chi connectivity index (χ0) is 18.4. The Morgan fingerprint density at radius 3 is 2.77 bits per heavy atom. The van der Waals surface area contributed by atoms with Crippen LogP contribution < -0.4 is 11.1 Å². The summed E-state index contributed by atoms with van der Waals surface area (Å²) in [6, 6.07) is 7.63.